The SMILES string of the molecule is NC(=O)c1ccccc1NC(=O)CSc1cccc(NC(=O)c2ccco2)c1. The Morgan fingerprint density at radius 1 is 0.964 bits per heavy atom. The number of para-hydroxylation sites is 1. The van der Waals surface area contributed by atoms with Crippen LogP contribution in [0.1, 0.15) is 20.9 Å². The number of hydrogen-bond acceptors (Lipinski definition) is 5. The summed E-state index contributed by atoms with van der Waals surface area (Å²) < 4.78 is 5.06. The van der Waals surface area contributed by atoms with Crippen LogP contribution in [-0.2, 0) is 4.79 Å². The van der Waals surface area contributed by atoms with E-state index in [1.807, 2.05) is 6.07 Å². The van der Waals surface area contributed by atoms with Gasteiger partial charge < -0.3 is 20.8 Å². The quantitative estimate of drug-likeness (QED) is 0.531. The van der Waals surface area contributed by atoms with Crippen molar-refractivity contribution in [2.45, 2.75) is 4.90 Å². The molecule has 3 amide bonds. The van der Waals surface area contributed by atoms with E-state index in [2.05, 4.69) is 10.6 Å². The van der Waals surface area contributed by atoms with Gasteiger partial charge in [0.25, 0.3) is 11.8 Å². The molecule has 3 rings (SSSR count). The topological polar surface area (TPSA) is 114 Å². The molecule has 0 spiro atoms. The van der Waals surface area contributed by atoms with Gasteiger partial charge in [0.2, 0.25) is 5.91 Å². The molecule has 28 heavy (non-hydrogen) atoms. The van der Waals surface area contributed by atoms with Crippen molar-refractivity contribution in [1.29, 1.82) is 0 Å². The van der Waals surface area contributed by atoms with Crippen LogP contribution in [0.25, 0.3) is 0 Å². The van der Waals surface area contributed by atoms with E-state index in [1.54, 1.807) is 54.6 Å². The van der Waals surface area contributed by atoms with Crippen molar-refractivity contribution in [3.8, 4) is 0 Å². The summed E-state index contributed by atoms with van der Waals surface area (Å²) >= 11 is 1.30. The molecule has 0 aliphatic heterocycles. The number of anilines is 2. The second kappa shape index (κ2) is 8.92. The van der Waals surface area contributed by atoms with E-state index >= 15 is 0 Å². The summed E-state index contributed by atoms with van der Waals surface area (Å²) in [4.78, 5) is 36.5. The molecule has 7 nitrogen and oxygen atoms in total. The number of benzene rings is 2. The lowest BCUT2D eigenvalue weighted by molar-refractivity contribution is -0.113. The van der Waals surface area contributed by atoms with E-state index in [-0.39, 0.29) is 28.9 Å². The predicted molar refractivity (Wildman–Crippen MR) is 107 cm³/mol. The van der Waals surface area contributed by atoms with Crippen LogP contribution in [0.15, 0.2) is 76.2 Å². The van der Waals surface area contributed by atoms with Crippen molar-refractivity contribution in [1.82, 2.24) is 0 Å². The van der Waals surface area contributed by atoms with Crippen molar-refractivity contribution >= 4 is 40.9 Å². The largest absolute Gasteiger partial charge is 0.459 e. The van der Waals surface area contributed by atoms with E-state index in [9.17, 15) is 14.4 Å². The maximum Gasteiger partial charge on any atom is 0.291 e. The molecule has 0 unspecified atom stereocenters. The Hall–Kier alpha value is -3.52. The summed E-state index contributed by atoms with van der Waals surface area (Å²) in [7, 11) is 0. The Balaban J connectivity index is 1.58. The maximum atomic E-state index is 12.2. The molecule has 8 heteroatoms. The summed E-state index contributed by atoms with van der Waals surface area (Å²) in [5, 5.41) is 5.42. The molecule has 0 atom stereocenters. The zero-order valence-electron chi connectivity index (χ0n) is 14.7. The summed E-state index contributed by atoms with van der Waals surface area (Å²) in [6, 6.07) is 16.9. The predicted octanol–water partition coefficient (Wildman–Crippen LogP) is 3.36. The monoisotopic (exact) mass is 395 g/mol. The number of hydrogen-bond donors (Lipinski definition) is 3. The summed E-state index contributed by atoms with van der Waals surface area (Å²) in [5.41, 5.74) is 6.53. The fourth-order valence-electron chi connectivity index (χ4n) is 2.41. The Labute approximate surface area is 165 Å². The number of carbonyl (C=O) groups is 3. The van der Waals surface area contributed by atoms with Gasteiger partial charge in [0, 0.05) is 10.6 Å². The van der Waals surface area contributed by atoms with Crippen LogP contribution in [-0.4, -0.2) is 23.5 Å². The molecule has 3 aromatic rings. The van der Waals surface area contributed by atoms with Gasteiger partial charge in [-0.15, -0.1) is 11.8 Å². The first kappa shape index (κ1) is 19.2. The Kier molecular flexibility index (Phi) is 6.13. The number of carbonyl (C=O) groups excluding carboxylic acids is 3. The third-order valence-electron chi connectivity index (χ3n) is 3.67. The van der Waals surface area contributed by atoms with Crippen LogP contribution in [0, 0.1) is 0 Å². The van der Waals surface area contributed by atoms with E-state index in [0.29, 0.717) is 11.4 Å². The highest BCUT2D eigenvalue weighted by molar-refractivity contribution is 8.00. The molecular formula is C20H17N3O4S. The molecule has 1 aromatic heterocycles. The summed E-state index contributed by atoms with van der Waals surface area (Å²) in [5.74, 6) is -0.895. The Morgan fingerprint density at radius 3 is 2.54 bits per heavy atom. The molecule has 0 saturated heterocycles. The van der Waals surface area contributed by atoms with Crippen LogP contribution in [0.5, 0.6) is 0 Å². The fourth-order valence-corrected chi connectivity index (χ4v) is 3.16. The maximum absolute atomic E-state index is 12.2. The van der Waals surface area contributed by atoms with Gasteiger partial charge in [-0.1, -0.05) is 18.2 Å². The minimum atomic E-state index is -0.608. The van der Waals surface area contributed by atoms with E-state index in [1.165, 1.54) is 18.0 Å². The molecule has 0 saturated carbocycles. The minimum absolute atomic E-state index is 0.128. The van der Waals surface area contributed by atoms with E-state index in [4.69, 9.17) is 10.2 Å². The van der Waals surface area contributed by atoms with Gasteiger partial charge in [-0.2, -0.15) is 0 Å². The molecule has 0 aliphatic carbocycles. The third kappa shape index (κ3) is 5.01. The highest BCUT2D eigenvalue weighted by Gasteiger charge is 2.12. The van der Waals surface area contributed by atoms with Crippen LogP contribution < -0.4 is 16.4 Å². The van der Waals surface area contributed by atoms with Gasteiger partial charge in [0.15, 0.2) is 5.76 Å². The molecular weight excluding hydrogens is 378 g/mol. The smallest absolute Gasteiger partial charge is 0.291 e. The Bertz CT molecular complexity index is 1000. The normalized spacial score (nSPS) is 10.3. The Morgan fingerprint density at radius 2 is 1.79 bits per heavy atom. The standard InChI is InChI=1S/C20H17N3O4S/c21-19(25)15-7-1-2-8-16(15)23-18(24)12-28-14-6-3-5-13(11-14)22-20(26)17-9-4-10-27-17/h1-11H,12H2,(H2,21,25)(H,22,26)(H,23,24). The number of rotatable bonds is 7. The van der Waals surface area contributed by atoms with Crippen LogP contribution >= 0.6 is 11.8 Å². The number of nitrogens with one attached hydrogen (secondary N) is 2. The van der Waals surface area contributed by atoms with Crippen molar-refractivity contribution in [2.24, 2.45) is 5.73 Å². The molecule has 1 heterocycles. The number of amides is 3. The molecule has 0 fully saturated rings. The lowest BCUT2D eigenvalue weighted by Gasteiger charge is -2.09. The van der Waals surface area contributed by atoms with Crippen molar-refractivity contribution in [3.63, 3.8) is 0 Å². The highest BCUT2D eigenvalue weighted by atomic mass is 32.2. The van der Waals surface area contributed by atoms with Crippen LogP contribution in [0.4, 0.5) is 11.4 Å². The second-order valence-corrected chi connectivity index (χ2v) is 6.75. The first-order valence-corrected chi connectivity index (χ1v) is 9.28. The molecule has 4 N–H and O–H groups in total. The van der Waals surface area contributed by atoms with Crippen molar-refractivity contribution in [2.75, 3.05) is 16.4 Å². The first-order chi connectivity index (χ1) is 13.5. The van der Waals surface area contributed by atoms with Gasteiger partial charge in [0.1, 0.15) is 0 Å². The zero-order chi connectivity index (χ0) is 19.9. The number of furan rings is 1. The number of nitrogens with two attached hydrogens (primary N) is 1. The van der Waals surface area contributed by atoms with E-state index < -0.39 is 5.91 Å². The highest BCUT2D eigenvalue weighted by Crippen LogP contribution is 2.23. The minimum Gasteiger partial charge on any atom is -0.459 e. The van der Waals surface area contributed by atoms with Crippen molar-refractivity contribution in [3.05, 3.63) is 78.3 Å². The number of thioether (sulfide) groups is 1. The third-order valence-corrected chi connectivity index (χ3v) is 4.67. The molecule has 142 valence electrons. The van der Waals surface area contributed by atoms with Gasteiger partial charge in [0.05, 0.1) is 23.3 Å². The lowest BCUT2D eigenvalue weighted by atomic mass is 10.1. The molecule has 2 aromatic carbocycles. The summed E-state index contributed by atoms with van der Waals surface area (Å²) in [6.07, 6.45) is 1.43. The summed E-state index contributed by atoms with van der Waals surface area (Å²) in [6.45, 7) is 0. The van der Waals surface area contributed by atoms with Crippen molar-refractivity contribution < 1.29 is 18.8 Å². The molecule has 0 aliphatic rings. The molecule has 0 bridgehead atoms. The average Bonchev–Trinajstić information content (AvgIpc) is 3.22. The van der Waals surface area contributed by atoms with E-state index in [0.717, 1.165) is 4.90 Å². The van der Waals surface area contributed by atoms with Crippen LogP contribution in [0.3, 0.4) is 0 Å². The number of primary amides is 1. The fraction of sp³-hybridized carbons (Fsp3) is 0.0500. The average molecular weight is 395 g/mol. The first-order valence-electron chi connectivity index (χ1n) is 8.29. The van der Waals surface area contributed by atoms with Gasteiger partial charge >= 0.3 is 0 Å². The van der Waals surface area contributed by atoms with Crippen LogP contribution in [0.2, 0.25) is 0 Å². The second-order valence-electron chi connectivity index (χ2n) is 5.71. The molecule has 0 radical (unpaired) electrons. The van der Waals surface area contributed by atoms with Gasteiger partial charge in [-0.3, -0.25) is 14.4 Å². The lowest BCUT2D eigenvalue weighted by Crippen LogP contribution is -2.19. The van der Waals surface area contributed by atoms with Gasteiger partial charge in [-0.05, 0) is 42.5 Å². The zero-order valence-corrected chi connectivity index (χ0v) is 15.5. The van der Waals surface area contributed by atoms with Gasteiger partial charge in [-0.25, -0.2) is 0 Å².